The van der Waals surface area contributed by atoms with E-state index in [0.29, 0.717) is 38.9 Å². The van der Waals surface area contributed by atoms with E-state index in [1.165, 1.54) is 18.9 Å². The molecule has 0 atom stereocenters. The van der Waals surface area contributed by atoms with Crippen molar-refractivity contribution in [2.45, 2.75) is 24.4 Å². The van der Waals surface area contributed by atoms with Crippen LogP contribution < -0.4 is 5.56 Å². The van der Waals surface area contributed by atoms with Crippen LogP contribution in [-0.2, 0) is 17.0 Å². The molecule has 2 heterocycles. The Morgan fingerprint density at radius 1 is 1.23 bits per heavy atom. The van der Waals surface area contributed by atoms with Gasteiger partial charge in [-0.3, -0.25) is 9.36 Å². The Hall–Kier alpha value is -2.68. The highest BCUT2D eigenvalue weighted by molar-refractivity contribution is 7.98. The third kappa shape index (κ3) is 4.66. The minimum absolute atomic E-state index is 0.196. The van der Waals surface area contributed by atoms with E-state index in [1.54, 1.807) is 40.2 Å². The number of ether oxygens (including phenoxy) is 1. The van der Waals surface area contributed by atoms with Crippen LogP contribution >= 0.6 is 34.7 Å². The summed E-state index contributed by atoms with van der Waals surface area (Å²) in [5.41, 5.74) is 2.34. The van der Waals surface area contributed by atoms with Gasteiger partial charge < -0.3 is 4.74 Å². The highest BCUT2D eigenvalue weighted by atomic mass is 35.5. The lowest BCUT2D eigenvalue weighted by molar-refractivity contribution is 0.0601. The number of hydrogen-bond donors (Lipinski definition) is 0. The number of aryl methyl sites for hydroxylation is 1. The lowest BCUT2D eigenvalue weighted by Gasteiger charge is -2.14. The third-order valence-corrected chi connectivity index (χ3v) is 6.84. The van der Waals surface area contributed by atoms with Gasteiger partial charge in [-0.05, 0) is 36.8 Å². The number of methoxy groups -OCH3 is 1. The van der Waals surface area contributed by atoms with Crippen molar-refractivity contribution in [3.8, 4) is 0 Å². The van der Waals surface area contributed by atoms with Gasteiger partial charge in [-0.1, -0.05) is 41.6 Å². The van der Waals surface area contributed by atoms with Crippen LogP contribution in [0.5, 0.6) is 0 Å². The molecule has 0 fully saturated rings. The maximum atomic E-state index is 13.4. The van der Waals surface area contributed by atoms with Gasteiger partial charge in [0, 0.05) is 16.2 Å². The zero-order valence-electron chi connectivity index (χ0n) is 16.8. The van der Waals surface area contributed by atoms with Crippen molar-refractivity contribution in [3.63, 3.8) is 0 Å². The fourth-order valence-corrected chi connectivity index (χ4v) is 4.91. The van der Waals surface area contributed by atoms with E-state index < -0.39 is 5.97 Å². The number of halogens is 1. The van der Waals surface area contributed by atoms with Crippen LogP contribution in [0.3, 0.4) is 0 Å². The number of carbonyl (C=O) groups excluding carboxylic acids is 1. The molecule has 0 amide bonds. The molecule has 2 aromatic carbocycles. The van der Waals surface area contributed by atoms with Crippen LogP contribution in [0.15, 0.2) is 57.8 Å². The molecule has 2 aromatic heterocycles. The summed E-state index contributed by atoms with van der Waals surface area (Å²) in [5.74, 6) is 0.0951. The van der Waals surface area contributed by atoms with Crippen molar-refractivity contribution in [2.75, 3.05) is 7.11 Å². The monoisotopic (exact) mass is 471 g/mol. The summed E-state index contributed by atoms with van der Waals surface area (Å²) in [5, 5.41) is 4.52. The number of esters is 1. The molecular weight excluding hydrogens is 454 g/mol. The molecule has 0 aliphatic rings. The standard InChI is InChI=1S/C22H18ClN3O3S2/c1-13-24-16(11-30-13)12-31-22-25-19-9-14(21(28)29-2)7-8-17(19)20(27)26(22)10-15-5-3-4-6-18(15)23/h3-9,11H,10,12H2,1-2H3. The number of nitrogens with zero attached hydrogens (tertiary/aromatic N) is 3. The van der Waals surface area contributed by atoms with Crippen LogP contribution in [0.4, 0.5) is 0 Å². The summed E-state index contributed by atoms with van der Waals surface area (Å²) >= 11 is 9.35. The first kappa shape index (κ1) is 21.5. The molecule has 0 aliphatic heterocycles. The van der Waals surface area contributed by atoms with Crippen molar-refractivity contribution >= 4 is 51.6 Å². The molecule has 0 spiro atoms. The summed E-state index contributed by atoms with van der Waals surface area (Å²) < 4.78 is 6.41. The summed E-state index contributed by atoms with van der Waals surface area (Å²) in [4.78, 5) is 34.5. The van der Waals surface area contributed by atoms with Crippen LogP contribution in [0.25, 0.3) is 10.9 Å². The highest BCUT2D eigenvalue weighted by Gasteiger charge is 2.16. The van der Waals surface area contributed by atoms with Gasteiger partial charge in [-0.25, -0.2) is 14.8 Å². The maximum Gasteiger partial charge on any atom is 0.337 e. The Morgan fingerprint density at radius 3 is 2.74 bits per heavy atom. The Balaban J connectivity index is 1.81. The molecular formula is C22H18ClN3O3S2. The number of carbonyl (C=O) groups is 1. The molecule has 0 saturated carbocycles. The number of benzene rings is 2. The third-order valence-electron chi connectivity index (χ3n) is 4.64. The smallest absolute Gasteiger partial charge is 0.337 e. The molecule has 0 radical (unpaired) electrons. The Kier molecular flexibility index (Phi) is 6.41. The van der Waals surface area contributed by atoms with Gasteiger partial charge in [0.1, 0.15) is 0 Å². The number of thiazole rings is 1. The predicted molar refractivity (Wildman–Crippen MR) is 124 cm³/mol. The van der Waals surface area contributed by atoms with E-state index in [0.717, 1.165) is 16.3 Å². The van der Waals surface area contributed by atoms with Crippen molar-refractivity contribution in [2.24, 2.45) is 0 Å². The van der Waals surface area contributed by atoms with Crippen molar-refractivity contribution in [3.05, 3.63) is 85.0 Å². The van der Waals surface area contributed by atoms with E-state index in [-0.39, 0.29) is 5.56 Å². The second-order valence-electron chi connectivity index (χ2n) is 6.75. The summed E-state index contributed by atoms with van der Waals surface area (Å²) in [6, 6.07) is 12.2. The first-order chi connectivity index (χ1) is 15.0. The van der Waals surface area contributed by atoms with Gasteiger partial charge in [0.2, 0.25) is 0 Å². The van der Waals surface area contributed by atoms with Crippen LogP contribution in [-0.4, -0.2) is 27.6 Å². The normalized spacial score (nSPS) is 11.1. The second kappa shape index (κ2) is 9.21. The van der Waals surface area contributed by atoms with E-state index in [2.05, 4.69) is 4.98 Å². The van der Waals surface area contributed by atoms with E-state index >= 15 is 0 Å². The van der Waals surface area contributed by atoms with Crippen LogP contribution in [0.1, 0.15) is 26.6 Å². The zero-order chi connectivity index (χ0) is 22.0. The Bertz CT molecular complexity index is 1330. The lowest BCUT2D eigenvalue weighted by Crippen LogP contribution is -2.24. The lowest BCUT2D eigenvalue weighted by atomic mass is 10.1. The molecule has 31 heavy (non-hydrogen) atoms. The predicted octanol–water partition coefficient (Wildman–Crippen LogP) is 4.94. The van der Waals surface area contributed by atoms with Gasteiger partial charge in [-0.15, -0.1) is 11.3 Å². The molecule has 0 unspecified atom stereocenters. The fraction of sp³-hybridized carbons (Fsp3) is 0.182. The first-order valence-corrected chi connectivity index (χ1v) is 11.6. The molecule has 0 bridgehead atoms. The van der Waals surface area contributed by atoms with Crippen LogP contribution in [0.2, 0.25) is 5.02 Å². The van der Waals surface area contributed by atoms with Crippen molar-refractivity contribution in [1.82, 2.24) is 14.5 Å². The number of aromatic nitrogens is 3. The zero-order valence-corrected chi connectivity index (χ0v) is 19.2. The Morgan fingerprint density at radius 2 is 2.03 bits per heavy atom. The molecule has 158 valence electrons. The van der Waals surface area contributed by atoms with E-state index in [9.17, 15) is 9.59 Å². The van der Waals surface area contributed by atoms with Gasteiger partial charge in [0.15, 0.2) is 5.16 Å². The van der Waals surface area contributed by atoms with Crippen LogP contribution in [0, 0.1) is 6.92 Å². The Labute approximate surface area is 191 Å². The molecule has 4 rings (SSSR count). The second-order valence-corrected chi connectivity index (χ2v) is 9.16. The summed E-state index contributed by atoms with van der Waals surface area (Å²) in [6.07, 6.45) is 0. The fourth-order valence-electron chi connectivity index (χ4n) is 3.11. The highest BCUT2D eigenvalue weighted by Crippen LogP contribution is 2.25. The topological polar surface area (TPSA) is 74.1 Å². The average Bonchev–Trinajstić information content (AvgIpc) is 3.20. The molecule has 0 aliphatic carbocycles. The summed E-state index contributed by atoms with van der Waals surface area (Å²) in [6.45, 7) is 2.24. The minimum atomic E-state index is -0.476. The molecule has 9 heteroatoms. The van der Waals surface area contributed by atoms with Gasteiger partial charge in [0.05, 0.1) is 40.8 Å². The maximum absolute atomic E-state index is 13.4. The summed E-state index contributed by atoms with van der Waals surface area (Å²) in [7, 11) is 1.32. The molecule has 0 saturated heterocycles. The minimum Gasteiger partial charge on any atom is -0.465 e. The average molecular weight is 472 g/mol. The number of fused-ring (bicyclic) bond motifs is 1. The number of thioether (sulfide) groups is 1. The molecule has 4 aromatic rings. The first-order valence-electron chi connectivity index (χ1n) is 9.36. The number of rotatable bonds is 6. The molecule has 0 N–H and O–H groups in total. The van der Waals surface area contributed by atoms with Crippen molar-refractivity contribution in [1.29, 1.82) is 0 Å². The largest absolute Gasteiger partial charge is 0.465 e. The number of hydrogen-bond acceptors (Lipinski definition) is 7. The van der Waals surface area contributed by atoms with E-state index in [1.807, 2.05) is 30.5 Å². The van der Waals surface area contributed by atoms with Crippen molar-refractivity contribution < 1.29 is 9.53 Å². The van der Waals surface area contributed by atoms with Gasteiger partial charge in [-0.2, -0.15) is 0 Å². The molecule has 6 nitrogen and oxygen atoms in total. The quantitative estimate of drug-likeness (QED) is 0.225. The van der Waals surface area contributed by atoms with Gasteiger partial charge >= 0.3 is 5.97 Å². The SMILES string of the molecule is COC(=O)c1ccc2c(=O)n(Cc3ccccc3Cl)c(SCc3csc(C)n3)nc2c1. The van der Waals surface area contributed by atoms with Gasteiger partial charge in [0.25, 0.3) is 5.56 Å². The van der Waals surface area contributed by atoms with E-state index in [4.69, 9.17) is 21.3 Å².